The van der Waals surface area contributed by atoms with Crippen molar-refractivity contribution in [1.82, 2.24) is 19.4 Å². The number of aromatic nitrogens is 2. The van der Waals surface area contributed by atoms with Crippen LogP contribution in [0.3, 0.4) is 0 Å². The molecule has 0 radical (unpaired) electrons. The Balaban J connectivity index is 1.56. The highest BCUT2D eigenvalue weighted by molar-refractivity contribution is 9.10. The van der Waals surface area contributed by atoms with E-state index in [2.05, 4.69) is 25.8 Å². The number of nitrogens with zero attached hydrogens (tertiary/aromatic N) is 4. The molecule has 180 valence electrons. The van der Waals surface area contributed by atoms with Crippen LogP contribution in [0, 0.1) is 11.7 Å². The summed E-state index contributed by atoms with van der Waals surface area (Å²) in [5, 5.41) is 0. The molecule has 1 amide bonds. The Morgan fingerprint density at radius 1 is 1.30 bits per heavy atom. The number of halogens is 2. The number of rotatable bonds is 5. The highest BCUT2D eigenvalue weighted by Crippen LogP contribution is 2.26. The van der Waals surface area contributed by atoms with Crippen molar-refractivity contribution in [2.24, 2.45) is 5.92 Å². The molecule has 1 aromatic carbocycles. The molecule has 0 unspecified atom stereocenters. The van der Waals surface area contributed by atoms with E-state index < -0.39 is 11.4 Å². The zero-order valence-electron chi connectivity index (χ0n) is 19.4. The number of carbonyl (C=O) groups is 1. The number of likely N-dealkylation sites (tertiary alicyclic amines) is 2. The molecule has 1 atom stereocenters. The molecule has 2 aliphatic heterocycles. The molecule has 10 heteroatoms. The van der Waals surface area contributed by atoms with Crippen LogP contribution < -0.4 is 10.3 Å². The molecule has 0 aliphatic carbocycles. The van der Waals surface area contributed by atoms with E-state index in [0.717, 1.165) is 19.4 Å². The van der Waals surface area contributed by atoms with Gasteiger partial charge in [-0.2, -0.15) is 0 Å². The second-order valence-electron chi connectivity index (χ2n) is 9.93. The van der Waals surface area contributed by atoms with Crippen molar-refractivity contribution >= 4 is 33.1 Å². The fraction of sp³-hybridized carbons (Fsp3) is 0.609. The lowest BCUT2D eigenvalue weighted by atomic mass is 10.0. The topological polar surface area (TPSA) is 76.9 Å². The zero-order valence-corrected chi connectivity index (χ0v) is 21.0. The molecule has 2 fully saturated rings. The highest BCUT2D eigenvalue weighted by atomic mass is 79.9. The van der Waals surface area contributed by atoms with Crippen LogP contribution in [0.4, 0.5) is 9.18 Å². The van der Waals surface area contributed by atoms with Gasteiger partial charge in [-0.1, -0.05) is 0 Å². The van der Waals surface area contributed by atoms with E-state index in [1.165, 1.54) is 10.6 Å². The average Bonchev–Trinajstić information content (AvgIpc) is 3.09. The number of carbonyl (C=O) groups excluding carboxylic acids is 1. The standard InChI is InChI=1S/C23H30BrFN4O4/c1-23(2,3)33-22(31)28-10-14(11-28)12-29-19-9-17(25)16(24)8-18(19)26-20(21(29)30)32-13-15-6-5-7-27(15)4/h8-9,14-15H,5-7,10-13H2,1-4H3/t15-/m0/s1. The normalized spacial score (nSPS) is 19.7. The quantitative estimate of drug-likeness (QED) is 0.594. The maximum atomic E-state index is 14.3. The monoisotopic (exact) mass is 524 g/mol. The van der Waals surface area contributed by atoms with Crippen LogP contribution in [0.25, 0.3) is 11.0 Å². The van der Waals surface area contributed by atoms with Gasteiger partial charge in [-0.05, 0) is 69.2 Å². The van der Waals surface area contributed by atoms with E-state index in [1.807, 2.05) is 27.8 Å². The van der Waals surface area contributed by atoms with Crippen LogP contribution in [-0.2, 0) is 11.3 Å². The fourth-order valence-corrected chi connectivity index (χ4v) is 4.60. The Kier molecular flexibility index (Phi) is 6.68. The minimum Gasteiger partial charge on any atom is -0.472 e. The molecule has 0 N–H and O–H groups in total. The Morgan fingerprint density at radius 3 is 2.67 bits per heavy atom. The molecule has 4 rings (SSSR count). The van der Waals surface area contributed by atoms with Gasteiger partial charge in [0.15, 0.2) is 0 Å². The number of benzene rings is 1. The molecule has 0 spiro atoms. The second kappa shape index (κ2) is 9.21. The van der Waals surface area contributed by atoms with Crippen molar-refractivity contribution < 1.29 is 18.7 Å². The van der Waals surface area contributed by atoms with Crippen molar-refractivity contribution in [3.8, 4) is 5.88 Å². The predicted octanol–water partition coefficient (Wildman–Crippen LogP) is 3.64. The van der Waals surface area contributed by atoms with Gasteiger partial charge < -0.3 is 23.8 Å². The van der Waals surface area contributed by atoms with E-state index >= 15 is 0 Å². The first-order chi connectivity index (χ1) is 15.5. The van der Waals surface area contributed by atoms with Gasteiger partial charge in [0.05, 0.1) is 15.5 Å². The van der Waals surface area contributed by atoms with Crippen molar-refractivity contribution in [3.63, 3.8) is 0 Å². The third-order valence-electron chi connectivity index (χ3n) is 6.09. The molecular formula is C23H30BrFN4O4. The van der Waals surface area contributed by atoms with Gasteiger partial charge in [-0.3, -0.25) is 4.79 Å². The largest absolute Gasteiger partial charge is 0.472 e. The van der Waals surface area contributed by atoms with Crippen molar-refractivity contribution in [2.75, 3.05) is 33.3 Å². The Bertz CT molecular complexity index is 1110. The first-order valence-electron chi connectivity index (χ1n) is 11.2. The van der Waals surface area contributed by atoms with E-state index in [-0.39, 0.29) is 34.0 Å². The van der Waals surface area contributed by atoms with Gasteiger partial charge in [0, 0.05) is 37.7 Å². The van der Waals surface area contributed by atoms with Gasteiger partial charge in [0.2, 0.25) is 0 Å². The number of ether oxygens (including phenoxy) is 2. The molecule has 2 saturated heterocycles. The van der Waals surface area contributed by atoms with Crippen LogP contribution in [0.5, 0.6) is 5.88 Å². The lowest BCUT2D eigenvalue weighted by molar-refractivity contribution is -0.00334. The third kappa shape index (κ3) is 5.32. The first-order valence-corrected chi connectivity index (χ1v) is 12.0. The molecule has 1 aromatic heterocycles. The summed E-state index contributed by atoms with van der Waals surface area (Å²) < 4.78 is 27.4. The van der Waals surface area contributed by atoms with Gasteiger partial charge in [0.1, 0.15) is 18.0 Å². The van der Waals surface area contributed by atoms with Gasteiger partial charge >= 0.3 is 11.7 Å². The zero-order chi connectivity index (χ0) is 23.9. The van der Waals surface area contributed by atoms with Crippen molar-refractivity contribution in [3.05, 3.63) is 32.8 Å². The van der Waals surface area contributed by atoms with Crippen LogP contribution in [0.2, 0.25) is 0 Å². The summed E-state index contributed by atoms with van der Waals surface area (Å²) in [6.45, 7) is 8.11. The lowest BCUT2D eigenvalue weighted by Crippen LogP contribution is -2.53. The summed E-state index contributed by atoms with van der Waals surface area (Å²) in [5.41, 5.74) is -0.0754. The van der Waals surface area contributed by atoms with Crippen molar-refractivity contribution in [1.29, 1.82) is 0 Å². The number of hydrogen-bond donors (Lipinski definition) is 0. The van der Waals surface area contributed by atoms with Crippen molar-refractivity contribution in [2.45, 2.75) is 51.8 Å². The van der Waals surface area contributed by atoms with Crippen LogP contribution in [0.15, 0.2) is 21.4 Å². The van der Waals surface area contributed by atoms with E-state index in [1.54, 1.807) is 11.0 Å². The average molecular weight is 525 g/mol. The minimum atomic E-state index is -0.565. The maximum absolute atomic E-state index is 14.3. The summed E-state index contributed by atoms with van der Waals surface area (Å²) in [5.74, 6) is -0.409. The third-order valence-corrected chi connectivity index (χ3v) is 6.70. The SMILES string of the molecule is CN1CCC[C@H]1COc1nc2cc(Br)c(F)cc2n(CC2CN(C(=O)OC(C)(C)C)C2)c1=O. The fourth-order valence-electron chi connectivity index (χ4n) is 4.27. The molecule has 0 saturated carbocycles. The molecule has 8 nitrogen and oxygen atoms in total. The number of likely N-dealkylation sites (N-methyl/N-ethyl adjacent to an activating group) is 1. The van der Waals surface area contributed by atoms with Gasteiger partial charge in [-0.15, -0.1) is 0 Å². The Morgan fingerprint density at radius 2 is 2.03 bits per heavy atom. The molecule has 2 aliphatic rings. The summed E-state index contributed by atoms with van der Waals surface area (Å²) in [4.78, 5) is 33.7. The smallest absolute Gasteiger partial charge is 0.410 e. The minimum absolute atomic E-state index is 0.0182. The van der Waals surface area contributed by atoms with E-state index in [4.69, 9.17) is 9.47 Å². The first kappa shape index (κ1) is 23.9. The summed E-state index contributed by atoms with van der Waals surface area (Å²) >= 11 is 3.20. The molecule has 2 aromatic rings. The molecular weight excluding hydrogens is 495 g/mol. The molecule has 33 heavy (non-hydrogen) atoms. The Labute approximate surface area is 200 Å². The highest BCUT2D eigenvalue weighted by Gasteiger charge is 2.34. The van der Waals surface area contributed by atoms with E-state index in [9.17, 15) is 14.0 Å². The number of amides is 1. The summed E-state index contributed by atoms with van der Waals surface area (Å²) in [6.07, 6.45) is 1.74. The molecule has 3 heterocycles. The maximum Gasteiger partial charge on any atom is 0.410 e. The van der Waals surface area contributed by atoms with Gasteiger partial charge in [0.25, 0.3) is 5.88 Å². The van der Waals surface area contributed by atoms with Crippen LogP contribution in [-0.4, -0.2) is 70.4 Å². The van der Waals surface area contributed by atoms with E-state index in [0.29, 0.717) is 37.3 Å². The molecule has 0 bridgehead atoms. The van der Waals surface area contributed by atoms with Crippen LogP contribution >= 0.6 is 15.9 Å². The number of fused-ring (bicyclic) bond motifs is 1. The predicted molar refractivity (Wildman–Crippen MR) is 126 cm³/mol. The second-order valence-corrected chi connectivity index (χ2v) is 10.8. The lowest BCUT2D eigenvalue weighted by Gasteiger charge is -2.40. The number of hydrogen-bond acceptors (Lipinski definition) is 6. The summed E-state index contributed by atoms with van der Waals surface area (Å²) in [7, 11) is 2.04. The van der Waals surface area contributed by atoms with Crippen LogP contribution in [0.1, 0.15) is 33.6 Å². The Hall–Kier alpha value is -2.20. The summed E-state index contributed by atoms with van der Waals surface area (Å²) in [6, 6.07) is 3.11. The van der Waals surface area contributed by atoms with Gasteiger partial charge in [-0.25, -0.2) is 14.2 Å².